The zero-order valence-corrected chi connectivity index (χ0v) is 12.2. The molecule has 1 aromatic heterocycles. The molecule has 3 nitrogen and oxygen atoms in total. The molecule has 19 heavy (non-hydrogen) atoms. The molecule has 0 radical (unpaired) electrons. The Morgan fingerprint density at radius 2 is 1.95 bits per heavy atom. The Balaban J connectivity index is 2.20. The van der Waals surface area contributed by atoms with Crippen LogP contribution in [0.4, 0.5) is 5.82 Å². The molecule has 0 spiro atoms. The predicted molar refractivity (Wildman–Crippen MR) is 79.7 cm³/mol. The highest BCUT2D eigenvalue weighted by Gasteiger charge is 2.30. The summed E-state index contributed by atoms with van der Waals surface area (Å²) in [6, 6.07) is 5.94. The number of aryl methyl sites for hydroxylation is 1. The van der Waals surface area contributed by atoms with Gasteiger partial charge in [0.25, 0.3) is 0 Å². The summed E-state index contributed by atoms with van der Waals surface area (Å²) >= 11 is 12.5. The van der Waals surface area contributed by atoms with E-state index in [9.17, 15) is 0 Å². The Bertz CT molecular complexity index is 610. The van der Waals surface area contributed by atoms with Gasteiger partial charge in [-0.1, -0.05) is 36.2 Å². The number of nitrogens with zero attached hydrogens (tertiary/aromatic N) is 2. The van der Waals surface area contributed by atoms with Crippen LogP contribution >= 0.6 is 23.2 Å². The first kappa shape index (κ1) is 12.8. The Labute approximate surface area is 122 Å². The van der Waals surface area contributed by atoms with Crippen LogP contribution in [-0.2, 0) is 6.42 Å². The summed E-state index contributed by atoms with van der Waals surface area (Å²) in [5.74, 6) is 1.68. The third kappa shape index (κ3) is 2.11. The number of nitrogens with two attached hydrogens (primary N) is 1. The molecule has 0 amide bonds. The average Bonchev–Trinajstić information content (AvgIpc) is 3.15. The molecule has 0 aliphatic heterocycles. The molecule has 1 saturated carbocycles. The van der Waals surface area contributed by atoms with Crippen molar-refractivity contribution in [2.24, 2.45) is 0 Å². The molecular formula is C14H15Cl2N3. The fraction of sp³-hybridized carbons (Fsp3) is 0.357. The van der Waals surface area contributed by atoms with Gasteiger partial charge in [-0.05, 0) is 25.0 Å². The molecule has 0 bridgehead atoms. The van der Waals surface area contributed by atoms with Crippen LogP contribution in [0.1, 0.15) is 31.6 Å². The highest BCUT2D eigenvalue weighted by molar-refractivity contribution is 6.39. The topological polar surface area (TPSA) is 43.8 Å². The van der Waals surface area contributed by atoms with Crippen molar-refractivity contribution in [2.45, 2.75) is 32.2 Å². The van der Waals surface area contributed by atoms with Gasteiger partial charge in [0, 0.05) is 18.0 Å². The number of hydrogen-bond donors (Lipinski definition) is 1. The standard InChI is InChI=1S/C14H15Cl2N3/c1-2-11-18-13(14(17)19(11)8-6-7-8)12-9(15)4-3-5-10(12)16/h3-5,8H,2,6-7,17H2,1H3. The van der Waals surface area contributed by atoms with Gasteiger partial charge in [0.2, 0.25) is 0 Å². The molecule has 3 rings (SSSR count). The third-order valence-corrected chi connectivity index (χ3v) is 4.08. The molecule has 1 aromatic carbocycles. The van der Waals surface area contributed by atoms with Crippen molar-refractivity contribution in [3.8, 4) is 11.3 Å². The van der Waals surface area contributed by atoms with Crippen molar-refractivity contribution in [1.82, 2.24) is 9.55 Å². The summed E-state index contributed by atoms with van der Waals surface area (Å²) < 4.78 is 2.13. The molecule has 1 heterocycles. The minimum Gasteiger partial charge on any atom is -0.383 e. The van der Waals surface area contributed by atoms with E-state index in [1.165, 1.54) is 12.8 Å². The highest BCUT2D eigenvalue weighted by atomic mass is 35.5. The Morgan fingerprint density at radius 1 is 1.32 bits per heavy atom. The molecule has 5 heteroatoms. The number of benzene rings is 1. The smallest absolute Gasteiger partial charge is 0.132 e. The number of nitrogen functional groups attached to an aromatic ring is 1. The van der Waals surface area contributed by atoms with Crippen LogP contribution in [0.2, 0.25) is 10.0 Å². The van der Waals surface area contributed by atoms with Gasteiger partial charge in [-0.3, -0.25) is 0 Å². The van der Waals surface area contributed by atoms with Gasteiger partial charge in [0.15, 0.2) is 0 Å². The van der Waals surface area contributed by atoms with E-state index >= 15 is 0 Å². The van der Waals surface area contributed by atoms with Crippen molar-refractivity contribution < 1.29 is 0 Å². The fourth-order valence-corrected chi connectivity index (χ4v) is 2.97. The molecule has 0 unspecified atom stereocenters. The van der Waals surface area contributed by atoms with Gasteiger partial charge in [-0.2, -0.15) is 0 Å². The number of imidazole rings is 1. The minimum atomic E-state index is 0.498. The van der Waals surface area contributed by atoms with Gasteiger partial charge in [0.05, 0.1) is 10.0 Å². The fourth-order valence-electron chi connectivity index (χ4n) is 2.39. The first-order valence-electron chi connectivity index (χ1n) is 6.44. The van der Waals surface area contributed by atoms with Crippen LogP contribution in [-0.4, -0.2) is 9.55 Å². The number of halogens is 2. The van der Waals surface area contributed by atoms with Crippen molar-refractivity contribution in [3.63, 3.8) is 0 Å². The lowest BCUT2D eigenvalue weighted by Crippen LogP contribution is -2.04. The number of rotatable bonds is 3. The van der Waals surface area contributed by atoms with Crippen LogP contribution in [0.5, 0.6) is 0 Å². The summed E-state index contributed by atoms with van der Waals surface area (Å²) in [7, 11) is 0. The van der Waals surface area contributed by atoms with Crippen LogP contribution in [0, 0.1) is 0 Å². The van der Waals surface area contributed by atoms with E-state index in [2.05, 4.69) is 16.5 Å². The number of aromatic nitrogens is 2. The monoisotopic (exact) mass is 295 g/mol. The first-order chi connectivity index (χ1) is 9.13. The number of hydrogen-bond acceptors (Lipinski definition) is 2. The summed E-state index contributed by atoms with van der Waals surface area (Å²) in [6.45, 7) is 2.08. The van der Waals surface area contributed by atoms with Crippen LogP contribution < -0.4 is 5.73 Å². The third-order valence-electron chi connectivity index (χ3n) is 3.45. The van der Waals surface area contributed by atoms with Crippen molar-refractivity contribution in [1.29, 1.82) is 0 Å². The van der Waals surface area contributed by atoms with E-state index in [0.29, 0.717) is 27.6 Å². The van der Waals surface area contributed by atoms with E-state index < -0.39 is 0 Å². The zero-order valence-electron chi connectivity index (χ0n) is 10.7. The summed E-state index contributed by atoms with van der Waals surface area (Å²) in [5.41, 5.74) is 7.72. The second kappa shape index (κ2) is 4.73. The van der Waals surface area contributed by atoms with Crippen LogP contribution in [0.25, 0.3) is 11.3 Å². The van der Waals surface area contributed by atoms with Gasteiger partial charge in [-0.25, -0.2) is 4.98 Å². The van der Waals surface area contributed by atoms with Gasteiger partial charge < -0.3 is 10.3 Å². The molecule has 0 atom stereocenters. The van der Waals surface area contributed by atoms with Crippen molar-refractivity contribution >= 4 is 29.0 Å². The second-order valence-electron chi connectivity index (χ2n) is 4.81. The van der Waals surface area contributed by atoms with Gasteiger partial charge in [-0.15, -0.1) is 0 Å². The SMILES string of the molecule is CCc1nc(-c2c(Cl)cccc2Cl)c(N)n1C1CC1. The van der Waals surface area contributed by atoms with Gasteiger partial charge in [0.1, 0.15) is 17.3 Å². The number of anilines is 1. The molecular weight excluding hydrogens is 281 g/mol. The molecule has 0 saturated heterocycles. The summed E-state index contributed by atoms with van der Waals surface area (Å²) in [4.78, 5) is 4.65. The Hall–Kier alpha value is -1.19. The van der Waals surface area contributed by atoms with Crippen LogP contribution in [0.3, 0.4) is 0 Å². The van der Waals surface area contributed by atoms with Crippen molar-refractivity contribution in [3.05, 3.63) is 34.1 Å². The van der Waals surface area contributed by atoms with Crippen LogP contribution in [0.15, 0.2) is 18.2 Å². The molecule has 100 valence electrons. The molecule has 1 aliphatic carbocycles. The lowest BCUT2D eigenvalue weighted by atomic mass is 10.1. The first-order valence-corrected chi connectivity index (χ1v) is 7.20. The van der Waals surface area contributed by atoms with Gasteiger partial charge >= 0.3 is 0 Å². The molecule has 2 N–H and O–H groups in total. The second-order valence-corrected chi connectivity index (χ2v) is 5.63. The average molecular weight is 296 g/mol. The van der Waals surface area contributed by atoms with E-state index in [1.807, 2.05) is 18.2 Å². The Morgan fingerprint density at radius 3 is 2.47 bits per heavy atom. The maximum Gasteiger partial charge on any atom is 0.132 e. The quantitative estimate of drug-likeness (QED) is 0.915. The lowest BCUT2D eigenvalue weighted by molar-refractivity contribution is 0.696. The largest absolute Gasteiger partial charge is 0.383 e. The summed E-state index contributed by atoms with van der Waals surface area (Å²) in [5, 5.41) is 1.17. The molecule has 1 fully saturated rings. The van der Waals surface area contributed by atoms with Crippen molar-refractivity contribution in [2.75, 3.05) is 5.73 Å². The normalized spacial score (nSPS) is 14.9. The minimum absolute atomic E-state index is 0.498. The van der Waals surface area contributed by atoms with E-state index in [4.69, 9.17) is 28.9 Å². The molecule has 1 aliphatic rings. The Kier molecular flexibility index (Phi) is 3.19. The van der Waals surface area contributed by atoms with E-state index in [1.54, 1.807) is 0 Å². The lowest BCUT2D eigenvalue weighted by Gasteiger charge is -2.07. The van der Waals surface area contributed by atoms with E-state index in [0.717, 1.165) is 17.8 Å². The maximum atomic E-state index is 6.27. The zero-order chi connectivity index (χ0) is 13.6. The maximum absolute atomic E-state index is 6.27. The van der Waals surface area contributed by atoms with E-state index in [-0.39, 0.29) is 0 Å². The molecule has 2 aromatic rings. The summed E-state index contributed by atoms with van der Waals surface area (Å²) in [6.07, 6.45) is 3.19. The highest BCUT2D eigenvalue weighted by Crippen LogP contribution is 2.43. The predicted octanol–water partition coefficient (Wildman–Crippen LogP) is 4.34.